The standard InChI is InChI=1S/C22H15F3N4O2S/c23-22(24,25)16-8-4-7-15(11-16)13-28-21(31)29-17-9-10-32-18(17)19(30)27(20(29)26-28)12-14-5-2-1-3-6-14/h1-11H,12-13H2. The van der Waals surface area contributed by atoms with Crippen LogP contribution in [0.5, 0.6) is 0 Å². The van der Waals surface area contributed by atoms with Gasteiger partial charge in [-0.1, -0.05) is 42.5 Å². The van der Waals surface area contributed by atoms with Crippen molar-refractivity contribution in [1.29, 1.82) is 0 Å². The highest BCUT2D eigenvalue weighted by Gasteiger charge is 2.30. The first kappa shape index (κ1) is 20.3. The molecule has 0 fully saturated rings. The van der Waals surface area contributed by atoms with Crippen LogP contribution in [0.1, 0.15) is 16.7 Å². The minimum atomic E-state index is -4.49. The van der Waals surface area contributed by atoms with Gasteiger partial charge in [-0.05, 0) is 34.7 Å². The summed E-state index contributed by atoms with van der Waals surface area (Å²) in [6.07, 6.45) is -4.49. The van der Waals surface area contributed by atoms with Gasteiger partial charge in [0.05, 0.1) is 24.2 Å². The van der Waals surface area contributed by atoms with E-state index in [1.807, 2.05) is 30.3 Å². The van der Waals surface area contributed by atoms with Crippen molar-refractivity contribution in [2.75, 3.05) is 0 Å². The summed E-state index contributed by atoms with van der Waals surface area (Å²) in [5.74, 6) is 0.140. The number of alkyl halides is 3. The fourth-order valence-corrected chi connectivity index (χ4v) is 4.49. The number of halogens is 3. The topological polar surface area (TPSA) is 61.3 Å². The van der Waals surface area contributed by atoms with Crippen LogP contribution >= 0.6 is 11.3 Å². The Morgan fingerprint density at radius 3 is 2.41 bits per heavy atom. The number of rotatable bonds is 4. The predicted molar refractivity (Wildman–Crippen MR) is 115 cm³/mol. The average Bonchev–Trinajstić information content (AvgIpc) is 3.37. The maximum Gasteiger partial charge on any atom is 0.416 e. The second-order valence-corrected chi connectivity index (χ2v) is 8.20. The first-order valence-electron chi connectivity index (χ1n) is 9.62. The van der Waals surface area contributed by atoms with Crippen LogP contribution in [0.15, 0.2) is 75.6 Å². The van der Waals surface area contributed by atoms with E-state index < -0.39 is 17.4 Å². The Bertz CT molecular complexity index is 1560. The molecule has 0 aliphatic rings. The molecule has 5 rings (SSSR count). The van der Waals surface area contributed by atoms with Gasteiger partial charge in [0.15, 0.2) is 0 Å². The van der Waals surface area contributed by atoms with Crippen molar-refractivity contribution < 1.29 is 13.2 Å². The molecule has 6 nitrogen and oxygen atoms in total. The number of aromatic nitrogens is 4. The van der Waals surface area contributed by atoms with E-state index in [1.165, 1.54) is 32.4 Å². The summed E-state index contributed by atoms with van der Waals surface area (Å²) in [7, 11) is 0. The molecule has 0 unspecified atom stereocenters. The van der Waals surface area contributed by atoms with E-state index >= 15 is 0 Å². The summed E-state index contributed by atoms with van der Waals surface area (Å²) < 4.78 is 43.5. The van der Waals surface area contributed by atoms with Gasteiger partial charge < -0.3 is 0 Å². The van der Waals surface area contributed by atoms with Crippen LogP contribution < -0.4 is 11.2 Å². The van der Waals surface area contributed by atoms with Gasteiger partial charge in [0.1, 0.15) is 4.70 Å². The molecule has 0 radical (unpaired) electrons. The lowest BCUT2D eigenvalue weighted by Gasteiger charge is -2.08. The smallest absolute Gasteiger partial charge is 0.271 e. The molecule has 2 aromatic carbocycles. The van der Waals surface area contributed by atoms with E-state index in [-0.39, 0.29) is 30.0 Å². The summed E-state index contributed by atoms with van der Waals surface area (Å²) in [6.45, 7) is 0.0482. The van der Waals surface area contributed by atoms with Gasteiger partial charge in [0.2, 0.25) is 5.78 Å². The second kappa shape index (κ2) is 7.49. The molecule has 0 spiro atoms. The molecular weight excluding hydrogens is 441 g/mol. The quantitative estimate of drug-likeness (QED) is 0.411. The Balaban J connectivity index is 1.68. The molecule has 0 saturated heterocycles. The van der Waals surface area contributed by atoms with Gasteiger partial charge in [-0.15, -0.1) is 16.4 Å². The van der Waals surface area contributed by atoms with E-state index in [9.17, 15) is 22.8 Å². The minimum Gasteiger partial charge on any atom is -0.271 e. The molecule has 0 N–H and O–H groups in total. The van der Waals surface area contributed by atoms with Crippen molar-refractivity contribution in [3.63, 3.8) is 0 Å². The number of nitrogens with zero attached hydrogens (tertiary/aromatic N) is 4. The lowest BCUT2D eigenvalue weighted by atomic mass is 10.1. The monoisotopic (exact) mass is 456 g/mol. The van der Waals surface area contributed by atoms with E-state index in [0.29, 0.717) is 10.2 Å². The van der Waals surface area contributed by atoms with Crippen LogP contribution in [0, 0.1) is 0 Å². The Labute approximate surface area is 182 Å². The summed E-state index contributed by atoms with van der Waals surface area (Å²) in [4.78, 5) is 26.3. The zero-order chi connectivity index (χ0) is 22.5. The van der Waals surface area contributed by atoms with Gasteiger partial charge in [-0.2, -0.15) is 13.2 Å². The van der Waals surface area contributed by atoms with Gasteiger partial charge in [-0.25, -0.2) is 13.9 Å². The molecule has 3 heterocycles. The molecule has 0 aliphatic heterocycles. The lowest BCUT2D eigenvalue weighted by Crippen LogP contribution is -2.26. The molecule has 10 heteroatoms. The van der Waals surface area contributed by atoms with Crippen LogP contribution in [0.2, 0.25) is 0 Å². The zero-order valence-corrected chi connectivity index (χ0v) is 17.2. The highest BCUT2D eigenvalue weighted by Crippen LogP contribution is 2.29. The van der Waals surface area contributed by atoms with Gasteiger partial charge in [0, 0.05) is 0 Å². The molecular formula is C22H15F3N4O2S. The normalized spacial score (nSPS) is 12.1. The Morgan fingerprint density at radius 2 is 1.66 bits per heavy atom. The number of fused-ring (bicyclic) bond motifs is 3. The van der Waals surface area contributed by atoms with Crippen molar-refractivity contribution in [3.05, 3.63) is 104 Å². The van der Waals surface area contributed by atoms with Crippen molar-refractivity contribution in [1.82, 2.24) is 18.7 Å². The molecule has 0 saturated carbocycles. The molecule has 0 amide bonds. The van der Waals surface area contributed by atoms with E-state index in [4.69, 9.17) is 0 Å². The van der Waals surface area contributed by atoms with Crippen LogP contribution in [-0.2, 0) is 19.3 Å². The van der Waals surface area contributed by atoms with Crippen molar-refractivity contribution in [3.8, 4) is 0 Å². The number of benzene rings is 2. The van der Waals surface area contributed by atoms with Crippen molar-refractivity contribution >= 4 is 27.3 Å². The summed E-state index contributed by atoms with van der Waals surface area (Å²) in [6, 6.07) is 15.7. The van der Waals surface area contributed by atoms with Crippen LogP contribution in [0.4, 0.5) is 13.2 Å². The number of hydrogen-bond acceptors (Lipinski definition) is 4. The van der Waals surface area contributed by atoms with Crippen LogP contribution in [0.25, 0.3) is 16.0 Å². The van der Waals surface area contributed by atoms with Gasteiger partial charge in [0.25, 0.3) is 5.56 Å². The van der Waals surface area contributed by atoms with E-state index in [0.717, 1.165) is 22.4 Å². The largest absolute Gasteiger partial charge is 0.416 e. The van der Waals surface area contributed by atoms with Gasteiger partial charge in [-0.3, -0.25) is 9.36 Å². The highest BCUT2D eigenvalue weighted by atomic mass is 32.1. The number of hydrogen-bond donors (Lipinski definition) is 0. The van der Waals surface area contributed by atoms with E-state index in [2.05, 4.69) is 5.10 Å². The lowest BCUT2D eigenvalue weighted by molar-refractivity contribution is -0.137. The van der Waals surface area contributed by atoms with Crippen LogP contribution in [0.3, 0.4) is 0 Å². The average molecular weight is 456 g/mol. The maximum absolute atomic E-state index is 13.2. The fourth-order valence-electron chi connectivity index (χ4n) is 3.66. The highest BCUT2D eigenvalue weighted by molar-refractivity contribution is 7.17. The molecule has 0 atom stereocenters. The minimum absolute atomic E-state index is 0.140. The molecule has 32 heavy (non-hydrogen) atoms. The first-order chi connectivity index (χ1) is 15.3. The molecule has 3 aromatic heterocycles. The predicted octanol–water partition coefficient (Wildman–Crippen LogP) is 3.99. The fraction of sp³-hybridized carbons (Fsp3) is 0.136. The second-order valence-electron chi connectivity index (χ2n) is 7.29. The third-order valence-corrected chi connectivity index (χ3v) is 6.05. The summed E-state index contributed by atoms with van der Waals surface area (Å²) in [5, 5.41) is 6.06. The summed E-state index contributed by atoms with van der Waals surface area (Å²) in [5.41, 5.74) is -0.0334. The van der Waals surface area contributed by atoms with Crippen LogP contribution in [-0.4, -0.2) is 18.7 Å². The first-order valence-corrected chi connectivity index (χ1v) is 10.5. The molecule has 0 bridgehead atoms. The van der Waals surface area contributed by atoms with Gasteiger partial charge >= 0.3 is 11.9 Å². The SMILES string of the molecule is O=c1c2sccc2n2c(=O)n(Cc3cccc(C(F)(F)F)c3)nc2n1Cc1ccccc1. The molecule has 0 aliphatic carbocycles. The Hall–Kier alpha value is -3.66. The molecule has 162 valence electrons. The molecule has 5 aromatic rings. The third kappa shape index (κ3) is 3.42. The van der Waals surface area contributed by atoms with Crippen molar-refractivity contribution in [2.45, 2.75) is 19.3 Å². The third-order valence-electron chi connectivity index (χ3n) is 5.16. The number of thiophene rings is 1. The Kier molecular flexibility index (Phi) is 4.74. The Morgan fingerprint density at radius 1 is 0.906 bits per heavy atom. The maximum atomic E-state index is 13.2. The summed E-state index contributed by atoms with van der Waals surface area (Å²) >= 11 is 1.23. The van der Waals surface area contributed by atoms with Crippen molar-refractivity contribution in [2.24, 2.45) is 0 Å². The van der Waals surface area contributed by atoms with E-state index in [1.54, 1.807) is 11.4 Å². The zero-order valence-electron chi connectivity index (χ0n) is 16.4.